The van der Waals surface area contributed by atoms with Crippen LogP contribution in [0.1, 0.15) is 11.6 Å². The highest BCUT2D eigenvalue weighted by molar-refractivity contribution is 7.91. The van der Waals surface area contributed by atoms with Crippen molar-refractivity contribution in [2.45, 2.75) is 6.04 Å². The molecule has 0 saturated carbocycles. The summed E-state index contributed by atoms with van der Waals surface area (Å²) in [5.74, 6) is 0.590. The molecule has 0 N–H and O–H groups in total. The summed E-state index contributed by atoms with van der Waals surface area (Å²) in [6.45, 7) is -0.0786. The standard InChI is InChI=1S/C17H17ClN2O5S/c1-24-15-5-3-4-12(10-15)16-11-19(17(21)25-2)26(22,23)20(16)14-8-6-13(18)7-9-14/h3-10,16H,11H2,1-2H3. The minimum absolute atomic E-state index is 0.0786. The lowest BCUT2D eigenvalue weighted by atomic mass is 10.1. The lowest BCUT2D eigenvalue weighted by Gasteiger charge is -2.24. The van der Waals surface area contributed by atoms with E-state index in [-0.39, 0.29) is 6.54 Å². The minimum Gasteiger partial charge on any atom is -0.497 e. The summed E-state index contributed by atoms with van der Waals surface area (Å²) in [6, 6.07) is 12.8. The van der Waals surface area contributed by atoms with Gasteiger partial charge in [-0.2, -0.15) is 12.7 Å². The Balaban J connectivity index is 2.13. The van der Waals surface area contributed by atoms with Crippen LogP contribution in [0.2, 0.25) is 5.02 Å². The number of hydrogen-bond donors (Lipinski definition) is 0. The molecule has 9 heteroatoms. The van der Waals surface area contributed by atoms with Gasteiger partial charge in [-0.3, -0.25) is 0 Å². The fourth-order valence-electron chi connectivity index (χ4n) is 2.85. The van der Waals surface area contributed by atoms with Gasteiger partial charge in [-0.1, -0.05) is 23.7 Å². The van der Waals surface area contributed by atoms with Gasteiger partial charge in [0, 0.05) is 5.02 Å². The smallest absolute Gasteiger partial charge is 0.424 e. The molecule has 1 aliphatic heterocycles. The molecule has 1 aliphatic rings. The summed E-state index contributed by atoms with van der Waals surface area (Å²) >= 11 is 5.91. The summed E-state index contributed by atoms with van der Waals surface area (Å²) in [5, 5.41) is 0.480. The Hall–Kier alpha value is -2.45. The van der Waals surface area contributed by atoms with Crippen LogP contribution >= 0.6 is 11.6 Å². The van der Waals surface area contributed by atoms with Crippen LogP contribution in [0.25, 0.3) is 0 Å². The third kappa shape index (κ3) is 3.17. The first kappa shape index (κ1) is 18.3. The third-order valence-corrected chi connectivity index (χ3v) is 6.16. The van der Waals surface area contributed by atoms with Gasteiger partial charge in [0.1, 0.15) is 5.75 Å². The first-order valence-electron chi connectivity index (χ1n) is 7.68. The summed E-state index contributed by atoms with van der Waals surface area (Å²) in [4.78, 5) is 12.0. The number of halogens is 1. The van der Waals surface area contributed by atoms with Crippen molar-refractivity contribution in [1.82, 2.24) is 4.31 Å². The van der Waals surface area contributed by atoms with Crippen LogP contribution in [0.4, 0.5) is 10.5 Å². The van der Waals surface area contributed by atoms with Crippen molar-refractivity contribution < 1.29 is 22.7 Å². The molecule has 1 amide bonds. The molecule has 1 heterocycles. The Morgan fingerprint density at radius 1 is 1.15 bits per heavy atom. The molecule has 26 heavy (non-hydrogen) atoms. The van der Waals surface area contributed by atoms with Gasteiger partial charge in [-0.15, -0.1) is 0 Å². The highest BCUT2D eigenvalue weighted by Gasteiger charge is 2.48. The van der Waals surface area contributed by atoms with E-state index in [1.54, 1.807) is 48.5 Å². The molecule has 0 radical (unpaired) electrons. The zero-order valence-corrected chi connectivity index (χ0v) is 15.7. The van der Waals surface area contributed by atoms with Crippen LogP contribution < -0.4 is 9.04 Å². The first-order valence-corrected chi connectivity index (χ1v) is 9.45. The van der Waals surface area contributed by atoms with Crippen molar-refractivity contribution in [1.29, 1.82) is 0 Å². The van der Waals surface area contributed by atoms with Gasteiger partial charge in [0.2, 0.25) is 0 Å². The van der Waals surface area contributed by atoms with E-state index in [1.165, 1.54) is 11.4 Å². The number of ether oxygens (including phenoxy) is 2. The molecule has 0 bridgehead atoms. The highest BCUT2D eigenvalue weighted by atomic mass is 35.5. The second kappa shape index (κ2) is 7.05. The van der Waals surface area contributed by atoms with Gasteiger partial charge in [0.05, 0.1) is 32.5 Å². The summed E-state index contributed by atoms with van der Waals surface area (Å²) in [6.07, 6.45) is -0.936. The highest BCUT2D eigenvalue weighted by Crippen LogP contribution is 2.39. The molecule has 3 rings (SSSR count). The number of methoxy groups -OCH3 is 2. The zero-order chi connectivity index (χ0) is 18.9. The van der Waals surface area contributed by atoms with E-state index < -0.39 is 22.3 Å². The predicted molar refractivity (Wildman–Crippen MR) is 97.7 cm³/mol. The molecular formula is C17H17ClN2O5S. The molecule has 2 aromatic carbocycles. The number of benzene rings is 2. The third-order valence-electron chi connectivity index (χ3n) is 4.09. The fourth-order valence-corrected chi connectivity index (χ4v) is 4.68. The molecular weight excluding hydrogens is 380 g/mol. The van der Waals surface area contributed by atoms with E-state index >= 15 is 0 Å². The number of carbonyl (C=O) groups is 1. The monoisotopic (exact) mass is 396 g/mol. The molecule has 1 fully saturated rings. The van der Waals surface area contributed by atoms with Gasteiger partial charge in [-0.05, 0) is 42.0 Å². The number of hydrogen-bond acceptors (Lipinski definition) is 5. The lowest BCUT2D eigenvalue weighted by Crippen LogP contribution is -2.37. The summed E-state index contributed by atoms with van der Waals surface area (Å²) < 4.78 is 37.8. The molecule has 1 atom stereocenters. The van der Waals surface area contributed by atoms with Crippen molar-refractivity contribution >= 4 is 33.6 Å². The number of carbonyl (C=O) groups excluding carboxylic acids is 1. The molecule has 1 unspecified atom stereocenters. The predicted octanol–water partition coefficient (Wildman–Crippen LogP) is 3.22. The van der Waals surface area contributed by atoms with Gasteiger partial charge in [0.15, 0.2) is 0 Å². The van der Waals surface area contributed by atoms with Crippen molar-refractivity contribution in [2.24, 2.45) is 0 Å². The van der Waals surface area contributed by atoms with Crippen LogP contribution in [0.3, 0.4) is 0 Å². The van der Waals surface area contributed by atoms with Gasteiger partial charge in [-0.25, -0.2) is 9.10 Å². The quantitative estimate of drug-likeness (QED) is 0.796. The topological polar surface area (TPSA) is 76.2 Å². The zero-order valence-electron chi connectivity index (χ0n) is 14.1. The van der Waals surface area contributed by atoms with Crippen LogP contribution in [0, 0.1) is 0 Å². The number of nitrogens with zero attached hydrogens (tertiary/aromatic N) is 2. The van der Waals surface area contributed by atoms with E-state index in [2.05, 4.69) is 4.74 Å². The van der Waals surface area contributed by atoms with Crippen molar-refractivity contribution in [2.75, 3.05) is 25.1 Å². The Morgan fingerprint density at radius 3 is 2.46 bits per heavy atom. The maximum Gasteiger partial charge on any atom is 0.424 e. The number of amides is 1. The molecule has 1 saturated heterocycles. The van der Waals surface area contributed by atoms with E-state index in [0.29, 0.717) is 26.3 Å². The SMILES string of the molecule is COC(=O)N1CC(c2cccc(OC)c2)N(c2ccc(Cl)cc2)S1(=O)=O. The normalized spacial score (nSPS) is 18.7. The molecule has 7 nitrogen and oxygen atoms in total. The van der Waals surface area contributed by atoms with Crippen LogP contribution in [-0.4, -0.2) is 39.6 Å². The Morgan fingerprint density at radius 2 is 1.85 bits per heavy atom. The first-order chi connectivity index (χ1) is 12.4. The van der Waals surface area contributed by atoms with E-state index in [9.17, 15) is 13.2 Å². The minimum atomic E-state index is -4.11. The lowest BCUT2D eigenvalue weighted by molar-refractivity contribution is 0.150. The van der Waals surface area contributed by atoms with Crippen LogP contribution in [0.5, 0.6) is 5.75 Å². The molecule has 0 aliphatic carbocycles. The van der Waals surface area contributed by atoms with Crippen molar-refractivity contribution in [3.63, 3.8) is 0 Å². The molecule has 2 aromatic rings. The van der Waals surface area contributed by atoms with E-state index in [1.807, 2.05) is 0 Å². The summed E-state index contributed by atoms with van der Waals surface area (Å²) in [7, 11) is -1.44. The second-order valence-electron chi connectivity index (χ2n) is 5.57. The van der Waals surface area contributed by atoms with Gasteiger partial charge >= 0.3 is 16.3 Å². The van der Waals surface area contributed by atoms with Gasteiger partial charge < -0.3 is 9.47 Å². The van der Waals surface area contributed by atoms with Crippen molar-refractivity contribution in [3.8, 4) is 5.75 Å². The largest absolute Gasteiger partial charge is 0.497 e. The second-order valence-corrected chi connectivity index (χ2v) is 7.74. The molecule has 138 valence electrons. The maximum atomic E-state index is 13.0. The summed E-state index contributed by atoms with van der Waals surface area (Å²) in [5.41, 5.74) is 1.09. The number of anilines is 1. The maximum absolute atomic E-state index is 13.0. The Bertz CT molecular complexity index is 917. The van der Waals surface area contributed by atoms with Crippen LogP contribution in [-0.2, 0) is 14.9 Å². The number of rotatable bonds is 3. The van der Waals surface area contributed by atoms with E-state index in [0.717, 1.165) is 7.11 Å². The van der Waals surface area contributed by atoms with Crippen molar-refractivity contribution in [3.05, 3.63) is 59.1 Å². The molecule has 0 aromatic heterocycles. The molecule has 0 spiro atoms. The Kier molecular flexibility index (Phi) is 4.97. The average molecular weight is 397 g/mol. The average Bonchev–Trinajstić information content (AvgIpc) is 2.93. The Labute approximate surface area is 156 Å². The van der Waals surface area contributed by atoms with E-state index in [4.69, 9.17) is 16.3 Å². The fraction of sp³-hybridized carbons (Fsp3) is 0.235. The van der Waals surface area contributed by atoms with Gasteiger partial charge in [0.25, 0.3) is 0 Å². The van der Waals surface area contributed by atoms with Crippen LogP contribution in [0.15, 0.2) is 48.5 Å².